The van der Waals surface area contributed by atoms with Crippen molar-refractivity contribution in [2.45, 2.75) is 36.8 Å². The number of hydrogen-bond donors (Lipinski definition) is 7. The molecule has 2 aromatic carbocycles. The molecule has 0 bridgehead atoms. The van der Waals surface area contributed by atoms with Crippen LogP contribution in [0.1, 0.15) is 27.0 Å². The van der Waals surface area contributed by atoms with Gasteiger partial charge in [0.25, 0.3) is 12.3 Å². The average Bonchev–Trinajstić information content (AvgIpc) is 3.27. The second-order valence-corrected chi connectivity index (χ2v) is 10.8. The highest BCUT2D eigenvalue weighted by Crippen LogP contribution is 2.39. The van der Waals surface area contributed by atoms with E-state index in [0.29, 0.717) is 18.2 Å². The Bertz CT molecular complexity index is 2260. The number of carbonyl (C=O) groups excluding carboxylic acids is 1. The van der Waals surface area contributed by atoms with Gasteiger partial charge in [-0.2, -0.15) is 23.4 Å². The molecule has 0 saturated carbocycles. The maximum absolute atomic E-state index is 14.3. The number of fused-ring (bicyclic) bond motifs is 3. The Morgan fingerprint density at radius 3 is 2.27 bits per heavy atom. The van der Waals surface area contributed by atoms with E-state index in [0.717, 1.165) is 12.1 Å². The van der Waals surface area contributed by atoms with Crippen LogP contribution in [0.25, 0.3) is 17.1 Å². The molecule has 258 valence electrons. The van der Waals surface area contributed by atoms with Crippen LogP contribution in [-0.4, -0.2) is 68.9 Å². The fourth-order valence-electron chi connectivity index (χ4n) is 5.03. The molecule has 0 unspecified atom stereocenters. The summed E-state index contributed by atoms with van der Waals surface area (Å²) < 4.78 is 96.3. The van der Waals surface area contributed by atoms with E-state index in [2.05, 4.69) is 9.98 Å². The lowest BCUT2D eigenvalue weighted by atomic mass is 10.00. The number of nitriles is 1. The van der Waals surface area contributed by atoms with Crippen molar-refractivity contribution in [1.29, 1.82) is 5.26 Å². The molecular weight excluding hydrogens is 703 g/mol. The van der Waals surface area contributed by atoms with Crippen LogP contribution >= 0.6 is 11.6 Å². The Hall–Kier alpha value is -4.88. The van der Waals surface area contributed by atoms with Gasteiger partial charge in [0, 0.05) is 11.1 Å². The lowest BCUT2D eigenvalue weighted by Crippen LogP contribution is -2.73. The number of imidazole rings is 1. The third-order valence-corrected chi connectivity index (χ3v) is 7.59. The monoisotopic (exact) mass is 719 g/mol. The third kappa shape index (κ3) is 5.70. The van der Waals surface area contributed by atoms with Crippen LogP contribution in [0, 0.1) is 23.0 Å². The van der Waals surface area contributed by atoms with Crippen molar-refractivity contribution in [3.8, 4) is 17.5 Å². The molecule has 7 N–H and O–H groups in total. The van der Waals surface area contributed by atoms with Gasteiger partial charge in [0.15, 0.2) is 0 Å². The molecule has 0 atom stereocenters. The van der Waals surface area contributed by atoms with Gasteiger partial charge in [-0.25, -0.2) is 22.6 Å². The van der Waals surface area contributed by atoms with Crippen molar-refractivity contribution in [3.63, 3.8) is 0 Å². The molecule has 1 aliphatic carbocycles. The number of aromatic nitrogens is 2. The molecule has 2 heterocycles. The van der Waals surface area contributed by atoms with Gasteiger partial charge in [-0.3, -0.25) is 9.36 Å². The molecule has 0 fully saturated rings. The van der Waals surface area contributed by atoms with Crippen LogP contribution in [0.15, 0.2) is 52.4 Å². The molecule has 2 aromatic rings. The van der Waals surface area contributed by atoms with E-state index in [1.54, 1.807) is 0 Å². The first-order chi connectivity index (χ1) is 22.5. The lowest BCUT2D eigenvalue weighted by molar-refractivity contribution is -0.486. The highest BCUT2D eigenvalue weighted by atomic mass is 35.5. The maximum Gasteiger partial charge on any atom is 0.416 e. The summed E-state index contributed by atoms with van der Waals surface area (Å²) in [7, 11) is 0. The van der Waals surface area contributed by atoms with Crippen molar-refractivity contribution >= 4 is 23.3 Å². The zero-order chi connectivity index (χ0) is 36.6. The molecule has 2 aliphatic heterocycles. The molecule has 0 saturated heterocycles. The van der Waals surface area contributed by atoms with Gasteiger partial charge < -0.3 is 40.3 Å². The first kappa shape index (κ1) is 35.4. The number of carbonyl (C=O) groups is 1. The largest absolute Gasteiger partial charge is 0.507 e. The lowest BCUT2D eigenvalue weighted by Gasteiger charge is -2.43. The van der Waals surface area contributed by atoms with Gasteiger partial charge in [0.05, 0.1) is 44.7 Å². The van der Waals surface area contributed by atoms with E-state index in [1.807, 2.05) is 0 Å². The van der Waals surface area contributed by atoms with Crippen LogP contribution < -0.4 is 16.2 Å². The zero-order valence-corrected chi connectivity index (χ0v) is 24.4. The predicted molar refractivity (Wildman–Crippen MR) is 145 cm³/mol. The fraction of sp³-hybridized carbons (Fsp3) is 0.214. The number of nitrogens with zero attached hydrogens (tertiary/aromatic N) is 5. The van der Waals surface area contributed by atoms with Crippen LogP contribution in [0.3, 0.4) is 0 Å². The number of alkyl halides is 5. The summed E-state index contributed by atoms with van der Waals surface area (Å²) in [5, 5.41) is 81.9. The normalized spacial score (nSPS) is 17.5. The van der Waals surface area contributed by atoms with Crippen molar-refractivity contribution in [3.05, 3.63) is 97.6 Å². The first-order valence-electron chi connectivity index (χ1n) is 13.1. The summed E-state index contributed by atoms with van der Waals surface area (Å²) in [6.45, 7) is -1.54. The minimum Gasteiger partial charge on any atom is -0.507 e. The number of amides is 1. The van der Waals surface area contributed by atoms with Gasteiger partial charge in [0.2, 0.25) is 5.62 Å². The van der Waals surface area contributed by atoms with Crippen LogP contribution in [-0.2, 0) is 18.6 Å². The number of hydrogen-bond acceptors (Lipinski definition) is 10. The Morgan fingerprint density at radius 1 is 1.02 bits per heavy atom. The van der Waals surface area contributed by atoms with E-state index in [4.69, 9.17) is 11.6 Å². The summed E-state index contributed by atoms with van der Waals surface area (Å²) in [5.41, 5.74) is -7.63. The number of halogens is 8. The molecule has 0 spiro atoms. The fourth-order valence-corrected chi connectivity index (χ4v) is 5.24. The third-order valence-electron chi connectivity index (χ3n) is 7.26. The van der Waals surface area contributed by atoms with E-state index in [1.165, 1.54) is 6.07 Å². The Morgan fingerprint density at radius 2 is 1.67 bits per heavy atom. The van der Waals surface area contributed by atoms with Crippen LogP contribution in [0.2, 0.25) is 5.02 Å². The van der Waals surface area contributed by atoms with E-state index >= 15 is 0 Å². The smallest absolute Gasteiger partial charge is 0.416 e. The number of rotatable bonds is 4. The number of benzene rings is 3. The molecule has 1 amide bonds. The maximum atomic E-state index is 14.3. The summed E-state index contributed by atoms with van der Waals surface area (Å²) >= 11 is 6.09. The molecule has 0 radical (unpaired) electrons. The molecule has 13 nitrogen and oxygen atoms in total. The van der Waals surface area contributed by atoms with Crippen molar-refractivity contribution in [1.82, 2.24) is 9.13 Å². The van der Waals surface area contributed by atoms with Crippen molar-refractivity contribution < 1.29 is 71.3 Å². The van der Waals surface area contributed by atoms with E-state index in [-0.39, 0.29) is 21.3 Å². The zero-order valence-electron chi connectivity index (χ0n) is 23.6. The minimum atomic E-state index is -5.16. The quantitative estimate of drug-likeness (QED) is 0.115. The summed E-state index contributed by atoms with van der Waals surface area (Å²) in [4.78, 5) is 19.9. The van der Waals surface area contributed by atoms with E-state index < -0.39 is 115 Å². The predicted octanol–water partition coefficient (Wildman–Crippen LogP) is 0.485. The highest BCUT2D eigenvalue weighted by molar-refractivity contribution is 6.32. The van der Waals surface area contributed by atoms with Crippen molar-refractivity contribution in [2.24, 2.45) is 9.98 Å². The first-order valence-corrected chi connectivity index (χ1v) is 13.5. The standard InChI is InChI=1S/C28H17ClF7N5O8/c29-16-2-1-12(30)6-14(16)22(42)20-15(8-37)21-18(7-17(20)38-23(43)10-3-11(25(34,35)36)5-13(31)4-10)40(9-19(32)33)24-39-27(46,47)26(44,45)28(48,49)41(21)24/h1-7,19,42,44-49H,9H2/b22-20-,38-17?. The van der Waals surface area contributed by atoms with Gasteiger partial charge in [-0.1, -0.05) is 11.6 Å². The van der Waals surface area contributed by atoms with Gasteiger partial charge >= 0.3 is 23.8 Å². The molecule has 21 heteroatoms. The number of aliphatic hydroxyl groups is 7. The van der Waals surface area contributed by atoms with E-state index in [9.17, 15) is 76.5 Å². The number of aliphatic hydroxyl groups excluding tert-OH is 1. The average molecular weight is 720 g/mol. The Balaban J connectivity index is 2.06. The molecular formula is C28H17ClF7N5O8. The summed E-state index contributed by atoms with van der Waals surface area (Å²) in [5.74, 6) is -18.6. The second kappa shape index (κ2) is 11.6. The second-order valence-electron chi connectivity index (χ2n) is 10.4. The van der Waals surface area contributed by atoms with Gasteiger partial charge in [0.1, 0.15) is 23.5 Å². The van der Waals surface area contributed by atoms with Gasteiger partial charge in [-0.05, 0) is 42.5 Å². The Kier molecular flexibility index (Phi) is 8.41. The van der Waals surface area contributed by atoms with Crippen molar-refractivity contribution in [2.75, 3.05) is 0 Å². The topological polar surface area (TPSA) is 217 Å². The molecule has 3 aliphatic rings. The van der Waals surface area contributed by atoms with Crippen LogP contribution in [0.4, 0.5) is 30.7 Å². The molecule has 5 rings (SSSR count). The Labute approximate surface area is 270 Å². The minimum absolute atomic E-state index is 0.0524. The van der Waals surface area contributed by atoms with Gasteiger partial charge in [-0.15, -0.1) is 0 Å². The summed E-state index contributed by atoms with van der Waals surface area (Å²) in [6, 6.07) is 4.90. The molecule has 0 aromatic heterocycles. The van der Waals surface area contributed by atoms with Crippen LogP contribution in [0.5, 0.6) is 0 Å². The highest BCUT2D eigenvalue weighted by Gasteiger charge is 2.67. The SMILES string of the molecule is N#Cc1c2n3c(n(CC(F)F)c-2cc(=NC(=O)c2cc(F)cc(C(F)(F)F)c2)/c1=C(\O)c1cc(F)ccc1Cl)=NC(O)(O)C(O)(O)C3(O)O. The molecule has 49 heavy (non-hydrogen) atoms. The summed E-state index contributed by atoms with van der Waals surface area (Å²) in [6.07, 6.45) is -8.55.